The second-order valence-electron chi connectivity index (χ2n) is 8.31. The highest BCUT2D eigenvalue weighted by atomic mass is 35.5. The van der Waals surface area contributed by atoms with Crippen molar-refractivity contribution in [3.63, 3.8) is 0 Å². The predicted octanol–water partition coefficient (Wildman–Crippen LogP) is 1.64. The van der Waals surface area contributed by atoms with Crippen molar-refractivity contribution in [3.8, 4) is 0 Å². The van der Waals surface area contributed by atoms with Gasteiger partial charge in [-0.1, -0.05) is 29.8 Å². The van der Waals surface area contributed by atoms with Crippen molar-refractivity contribution in [3.05, 3.63) is 34.9 Å². The molecule has 9 heteroatoms. The van der Waals surface area contributed by atoms with E-state index in [2.05, 4.69) is 22.2 Å². The van der Waals surface area contributed by atoms with Crippen LogP contribution >= 0.6 is 11.6 Å². The Morgan fingerprint density at radius 3 is 2.43 bits per heavy atom. The van der Waals surface area contributed by atoms with Crippen LogP contribution < -0.4 is 5.32 Å². The molecule has 0 spiro atoms. The van der Waals surface area contributed by atoms with Crippen molar-refractivity contribution < 1.29 is 13.2 Å². The van der Waals surface area contributed by atoms with Gasteiger partial charge < -0.3 is 15.1 Å². The van der Waals surface area contributed by atoms with E-state index in [1.165, 1.54) is 4.31 Å². The number of rotatable bonds is 8. The molecule has 1 amide bonds. The van der Waals surface area contributed by atoms with E-state index in [9.17, 15) is 13.2 Å². The van der Waals surface area contributed by atoms with Gasteiger partial charge in [-0.15, -0.1) is 0 Å². The zero-order chi connectivity index (χ0) is 21.6. The molecule has 2 aliphatic rings. The van der Waals surface area contributed by atoms with Crippen LogP contribution in [0.3, 0.4) is 0 Å². The highest BCUT2D eigenvalue weighted by molar-refractivity contribution is 7.88. The van der Waals surface area contributed by atoms with E-state index in [0.717, 1.165) is 39.1 Å². The Morgan fingerprint density at radius 2 is 1.77 bits per heavy atom. The molecule has 7 nitrogen and oxygen atoms in total. The van der Waals surface area contributed by atoms with E-state index in [1.807, 2.05) is 0 Å². The van der Waals surface area contributed by atoms with Crippen molar-refractivity contribution in [1.29, 1.82) is 0 Å². The van der Waals surface area contributed by atoms with Gasteiger partial charge >= 0.3 is 0 Å². The van der Waals surface area contributed by atoms with Crippen molar-refractivity contribution >= 4 is 27.5 Å². The second-order valence-corrected chi connectivity index (χ2v) is 10.7. The summed E-state index contributed by atoms with van der Waals surface area (Å²) < 4.78 is 26.9. The van der Waals surface area contributed by atoms with Gasteiger partial charge in [-0.05, 0) is 44.5 Å². The maximum absolute atomic E-state index is 12.7. The van der Waals surface area contributed by atoms with E-state index in [0.29, 0.717) is 43.1 Å². The zero-order valence-electron chi connectivity index (χ0n) is 17.7. The number of halogens is 1. The number of likely N-dealkylation sites (N-methyl/N-ethyl adjacent to an activating group) is 1. The Kier molecular flexibility index (Phi) is 8.53. The highest BCUT2D eigenvalue weighted by Crippen LogP contribution is 2.24. The quantitative estimate of drug-likeness (QED) is 0.602. The molecular weight excluding hydrogens is 424 g/mol. The Bertz CT molecular complexity index is 804. The fourth-order valence-electron chi connectivity index (χ4n) is 4.03. The largest absolute Gasteiger partial charge is 0.356 e. The van der Waals surface area contributed by atoms with Gasteiger partial charge in [0.15, 0.2) is 0 Å². The lowest BCUT2D eigenvalue weighted by Gasteiger charge is -2.32. The molecule has 0 atom stereocenters. The predicted molar refractivity (Wildman–Crippen MR) is 120 cm³/mol. The molecule has 2 saturated heterocycles. The molecular formula is C21H33ClN4O3S. The summed E-state index contributed by atoms with van der Waals surface area (Å²) in [5.74, 6) is -0.160. The fourth-order valence-corrected chi connectivity index (χ4v) is 5.91. The summed E-state index contributed by atoms with van der Waals surface area (Å²) in [6.07, 6.45) is 2.07. The molecule has 30 heavy (non-hydrogen) atoms. The summed E-state index contributed by atoms with van der Waals surface area (Å²) in [7, 11) is -1.29. The summed E-state index contributed by atoms with van der Waals surface area (Å²) in [4.78, 5) is 17.2. The molecule has 3 rings (SSSR count). The van der Waals surface area contributed by atoms with Gasteiger partial charge in [0.1, 0.15) is 0 Å². The average molecular weight is 457 g/mol. The number of amides is 1. The smallest absolute Gasteiger partial charge is 0.223 e. The van der Waals surface area contributed by atoms with E-state index < -0.39 is 10.0 Å². The third kappa shape index (κ3) is 6.65. The van der Waals surface area contributed by atoms with Gasteiger partial charge in [0.2, 0.25) is 15.9 Å². The summed E-state index contributed by atoms with van der Waals surface area (Å²) >= 11 is 6.11. The minimum Gasteiger partial charge on any atom is -0.356 e. The van der Waals surface area contributed by atoms with Gasteiger partial charge in [-0.3, -0.25) is 4.79 Å². The highest BCUT2D eigenvalue weighted by Gasteiger charge is 2.31. The number of hydrogen-bond acceptors (Lipinski definition) is 5. The first kappa shape index (κ1) is 23.5. The van der Waals surface area contributed by atoms with Crippen LogP contribution in [0.5, 0.6) is 0 Å². The Balaban J connectivity index is 1.37. The molecule has 1 N–H and O–H groups in total. The molecule has 1 aromatic carbocycles. The fraction of sp³-hybridized carbons (Fsp3) is 0.667. The standard InChI is InChI=1S/C21H33ClN4O3S/c1-24-13-15-25(16-14-24)10-4-9-23-21(27)18-7-11-26(12-8-18)30(28,29)17-19-5-2-3-6-20(19)22/h2-3,5-6,18H,4,7-17H2,1H3,(H,23,27). The third-order valence-electron chi connectivity index (χ3n) is 6.06. The number of nitrogens with zero attached hydrogens (tertiary/aromatic N) is 3. The minimum atomic E-state index is -3.44. The first-order chi connectivity index (χ1) is 14.3. The number of piperazine rings is 1. The Morgan fingerprint density at radius 1 is 1.10 bits per heavy atom. The van der Waals surface area contributed by atoms with Crippen LogP contribution in [0.15, 0.2) is 24.3 Å². The average Bonchev–Trinajstić information content (AvgIpc) is 2.74. The number of sulfonamides is 1. The SMILES string of the molecule is CN1CCN(CCCNC(=O)C2CCN(S(=O)(=O)Cc3ccccc3Cl)CC2)CC1. The molecule has 2 aliphatic heterocycles. The van der Waals surface area contributed by atoms with Crippen molar-refractivity contribution in [2.24, 2.45) is 5.92 Å². The number of piperidine rings is 1. The van der Waals surface area contributed by atoms with E-state index >= 15 is 0 Å². The first-order valence-electron chi connectivity index (χ1n) is 10.7. The Labute approximate surface area is 185 Å². The third-order valence-corrected chi connectivity index (χ3v) is 8.26. The van der Waals surface area contributed by atoms with E-state index in [-0.39, 0.29) is 17.6 Å². The van der Waals surface area contributed by atoms with Crippen molar-refractivity contribution in [2.75, 3.05) is 59.4 Å². The molecule has 168 valence electrons. The molecule has 0 aliphatic carbocycles. The van der Waals surface area contributed by atoms with E-state index in [1.54, 1.807) is 24.3 Å². The molecule has 2 heterocycles. The monoisotopic (exact) mass is 456 g/mol. The molecule has 0 unspecified atom stereocenters. The normalized spacial score (nSPS) is 20.3. The molecule has 0 aromatic heterocycles. The van der Waals surface area contributed by atoms with Crippen LogP contribution in [-0.4, -0.2) is 87.8 Å². The van der Waals surface area contributed by atoms with Gasteiger partial charge in [-0.2, -0.15) is 0 Å². The van der Waals surface area contributed by atoms with Crippen LogP contribution in [0, 0.1) is 5.92 Å². The molecule has 0 saturated carbocycles. The molecule has 0 bridgehead atoms. The maximum atomic E-state index is 12.7. The van der Waals surface area contributed by atoms with Crippen LogP contribution in [0.1, 0.15) is 24.8 Å². The summed E-state index contributed by atoms with van der Waals surface area (Å²) in [5.41, 5.74) is 0.611. The number of hydrogen-bond donors (Lipinski definition) is 1. The van der Waals surface area contributed by atoms with Gasteiger partial charge in [0, 0.05) is 56.8 Å². The lowest BCUT2D eigenvalue weighted by Crippen LogP contribution is -2.45. The lowest BCUT2D eigenvalue weighted by molar-refractivity contribution is -0.126. The molecule has 0 radical (unpaired) electrons. The summed E-state index contributed by atoms with van der Waals surface area (Å²) in [5, 5.41) is 3.50. The van der Waals surface area contributed by atoms with E-state index in [4.69, 9.17) is 11.6 Å². The summed E-state index contributed by atoms with van der Waals surface area (Å²) in [6.45, 7) is 6.83. The molecule has 2 fully saturated rings. The number of carbonyl (C=O) groups is 1. The topological polar surface area (TPSA) is 73.0 Å². The lowest BCUT2D eigenvalue weighted by atomic mass is 9.97. The minimum absolute atomic E-state index is 0.0523. The van der Waals surface area contributed by atoms with Crippen LogP contribution in [0.25, 0.3) is 0 Å². The van der Waals surface area contributed by atoms with Crippen molar-refractivity contribution in [2.45, 2.75) is 25.0 Å². The number of benzene rings is 1. The van der Waals surface area contributed by atoms with Crippen LogP contribution in [-0.2, 0) is 20.6 Å². The number of carbonyl (C=O) groups excluding carboxylic acids is 1. The van der Waals surface area contributed by atoms with Crippen LogP contribution in [0.4, 0.5) is 0 Å². The van der Waals surface area contributed by atoms with Gasteiger partial charge in [0.05, 0.1) is 5.75 Å². The summed E-state index contributed by atoms with van der Waals surface area (Å²) in [6, 6.07) is 7.01. The maximum Gasteiger partial charge on any atom is 0.223 e. The number of nitrogens with one attached hydrogen (secondary N) is 1. The molecule has 1 aromatic rings. The first-order valence-corrected chi connectivity index (χ1v) is 12.7. The Hall–Kier alpha value is -1.19. The van der Waals surface area contributed by atoms with Gasteiger partial charge in [0.25, 0.3) is 0 Å². The van der Waals surface area contributed by atoms with Crippen molar-refractivity contribution in [1.82, 2.24) is 19.4 Å². The van der Waals surface area contributed by atoms with Gasteiger partial charge in [-0.25, -0.2) is 12.7 Å². The zero-order valence-corrected chi connectivity index (χ0v) is 19.3. The van der Waals surface area contributed by atoms with Crippen LogP contribution in [0.2, 0.25) is 5.02 Å². The second kappa shape index (κ2) is 10.9.